The minimum Gasteiger partial charge on any atom is -0.308 e. The van der Waals surface area contributed by atoms with Crippen LogP contribution < -0.4 is 0 Å². The Hall–Kier alpha value is -7.43. The van der Waals surface area contributed by atoms with Crippen LogP contribution in [0.15, 0.2) is 182 Å². The maximum absolute atomic E-state index is 5.37. The molecule has 2 heterocycles. The Morgan fingerprint density at radius 1 is 0.309 bits per heavy atom. The molecule has 1 aliphatic carbocycles. The maximum atomic E-state index is 5.37. The molecule has 4 nitrogen and oxygen atoms in total. The third-order valence-electron chi connectivity index (χ3n) is 11.3. The molecular formula is C51H30N4. The molecule has 0 N–H and O–H groups in total. The van der Waals surface area contributed by atoms with Crippen molar-refractivity contribution in [3.63, 3.8) is 0 Å². The van der Waals surface area contributed by atoms with Crippen LogP contribution in [0.3, 0.4) is 0 Å². The summed E-state index contributed by atoms with van der Waals surface area (Å²) in [5.74, 6) is 1.91. The van der Waals surface area contributed by atoms with Crippen LogP contribution in [0.5, 0.6) is 0 Å². The second-order valence-electron chi connectivity index (χ2n) is 14.4. The first-order valence-electron chi connectivity index (χ1n) is 18.7. The molecule has 0 aliphatic heterocycles. The molecule has 0 fully saturated rings. The van der Waals surface area contributed by atoms with E-state index >= 15 is 0 Å². The van der Waals surface area contributed by atoms with Gasteiger partial charge in [-0.1, -0.05) is 158 Å². The molecule has 0 amide bonds. The van der Waals surface area contributed by atoms with Gasteiger partial charge < -0.3 is 4.57 Å². The van der Waals surface area contributed by atoms with E-state index in [1.165, 1.54) is 43.8 Å². The van der Waals surface area contributed by atoms with Crippen LogP contribution in [0.1, 0.15) is 0 Å². The van der Waals surface area contributed by atoms with Crippen molar-refractivity contribution in [2.75, 3.05) is 0 Å². The maximum Gasteiger partial charge on any atom is 0.166 e. The van der Waals surface area contributed by atoms with E-state index in [2.05, 4.69) is 168 Å². The van der Waals surface area contributed by atoms with Gasteiger partial charge in [0.25, 0.3) is 0 Å². The minimum atomic E-state index is 0.627. The Balaban J connectivity index is 1.22. The summed E-state index contributed by atoms with van der Waals surface area (Å²) in [4.78, 5) is 15.8. The largest absolute Gasteiger partial charge is 0.308 e. The predicted molar refractivity (Wildman–Crippen MR) is 227 cm³/mol. The predicted octanol–water partition coefficient (Wildman–Crippen LogP) is 13.1. The highest BCUT2D eigenvalue weighted by Gasteiger charge is 2.26. The summed E-state index contributed by atoms with van der Waals surface area (Å²) < 4.78 is 2.45. The average Bonchev–Trinajstić information content (AvgIpc) is 3.54. The molecule has 2 aromatic heterocycles. The molecule has 1 aliphatic rings. The third kappa shape index (κ3) is 4.43. The number of rotatable bonds is 4. The number of fused-ring (bicyclic) bond motifs is 5. The SMILES string of the molecule is c1ccc(-c2nc(-c3cc4ccccc4cc3-n3c4cccc5c4c4c6c(cccc6ccc43)-c3ccccc3-5)nc(-c3cccc4ccccc34)n2)cc1. The molecule has 0 spiro atoms. The van der Waals surface area contributed by atoms with Crippen LogP contribution in [0.2, 0.25) is 0 Å². The molecule has 4 heteroatoms. The summed E-state index contributed by atoms with van der Waals surface area (Å²) in [6.45, 7) is 0. The van der Waals surface area contributed by atoms with Gasteiger partial charge in [-0.15, -0.1) is 0 Å². The van der Waals surface area contributed by atoms with E-state index in [1.807, 2.05) is 18.2 Å². The quantitative estimate of drug-likeness (QED) is 0.184. The Kier molecular flexibility index (Phi) is 6.31. The summed E-state index contributed by atoms with van der Waals surface area (Å²) in [6, 6.07) is 65.0. The monoisotopic (exact) mass is 698 g/mol. The van der Waals surface area contributed by atoms with Crippen LogP contribution in [-0.2, 0) is 0 Å². The van der Waals surface area contributed by atoms with Crippen LogP contribution in [0.25, 0.3) is 116 Å². The fourth-order valence-electron chi connectivity index (χ4n) is 8.93. The van der Waals surface area contributed by atoms with Crippen LogP contribution in [0.4, 0.5) is 0 Å². The molecule has 12 rings (SSSR count). The number of hydrogen-bond donors (Lipinski definition) is 0. The summed E-state index contributed by atoms with van der Waals surface area (Å²) in [5.41, 5.74) is 11.2. The molecule has 11 aromatic rings. The molecule has 9 aromatic carbocycles. The fraction of sp³-hybridized carbons (Fsp3) is 0. The van der Waals surface area contributed by atoms with Gasteiger partial charge in [0, 0.05) is 27.5 Å². The van der Waals surface area contributed by atoms with Crippen LogP contribution in [-0.4, -0.2) is 19.5 Å². The van der Waals surface area contributed by atoms with Crippen molar-refractivity contribution >= 4 is 54.1 Å². The van der Waals surface area contributed by atoms with Crippen molar-refractivity contribution in [2.45, 2.75) is 0 Å². The van der Waals surface area contributed by atoms with E-state index in [4.69, 9.17) is 15.0 Å². The van der Waals surface area contributed by atoms with Crippen molar-refractivity contribution in [3.05, 3.63) is 182 Å². The normalized spacial score (nSPS) is 12.0. The van der Waals surface area contributed by atoms with Crippen molar-refractivity contribution in [1.82, 2.24) is 19.5 Å². The van der Waals surface area contributed by atoms with Gasteiger partial charge in [0.2, 0.25) is 0 Å². The first kappa shape index (κ1) is 30.1. The number of hydrogen-bond acceptors (Lipinski definition) is 3. The standard InChI is InChI=1S/C51H30N4/c1-2-14-33(15-3-1)49-52-50(41-25-10-18-31-13-6-7-20-36(31)41)54-51(53-49)42-29-34-16-4-5-17-35(34)30-45(42)55-43-26-12-24-40-38-22-9-8-21-37(38)39-23-11-19-32-27-28-44(55)48(46(32)39)47(40)43/h1-30H. The van der Waals surface area contributed by atoms with Gasteiger partial charge in [0.1, 0.15) is 0 Å². The number of benzene rings is 9. The molecule has 0 atom stereocenters. The van der Waals surface area contributed by atoms with Crippen LogP contribution in [0, 0.1) is 0 Å². The lowest BCUT2D eigenvalue weighted by Gasteiger charge is -2.17. The summed E-state index contributed by atoms with van der Waals surface area (Å²) >= 11 is 0. The second kappa shape index (κ2) is 11.5. The molecule has 0 saturated carbocycles. The highest BCUT2D eigenvalue weighted by molar-refractivity contribution is 6.30. The summed E-state index contributed by atoms with van der Waals surface area (Å²) in [5, 5.41) is 9.57. The van der Waals surface area contributed by atoms with Crippen molar-refractivity contribution in [1.29, 1.82) is 0 Å². The molecule has 55 heavy (non-hydrogen) atoms. The lowest BCUT2D eigenvalue weighted by atomic mass is 9.93. The van der Waals surface area contributed by atoms with E-state index in [0.29, 0.717) is 17.5 Å². The van der Waals surface area contributed by atoms with Gasteiger partial charge in [-0.2, -0.15) is 0 Å². The van der Waals surface area contributed by atoms with Crippen molar-refractivity contribution < 1.29 is 0 Å². The minimum absolute atomic E-state index is 0.627. The van der Waals surface area contributed by atoms with Gasteiger partial charge in [-0.05, 0) is 78.8 Å². The van der Waals surface area contributed by atoms with Crippen molar-refractivity contribution in [2.24, 2.45) is 0 Å². The summed E-state index contributed by atoms with van der Waals surface area (Å²) in [6.07, 6.45) is 0. The second-order valence-corrected chi connectivity index (χ2v) is 14.4. The Labute approximate surface area is 316 Å². The molecule has 0 bridgehead atoms. The first-order valence-corrected chi connectivity index (χ1v) is 18.7. The lowest BCUT2D eigenvalue weighted by Crippen LogP contribution is -2.04. The van der Waals surface area contributed by atoms with Gasteiger partial charge >= 0.3 is 0 Å². The fourth-order valence-corrected chi connectivity index (χ4v) is 8.93. The van der Waals surface area contributed by atoms with Gasteiger partial charge in [-0.25, -0.2) is 15.0 Å². The zero-order valence-corrected chi connectivity index (χ0v) is 29.6. The first-order chi connectivity index (χ1) is 27.3. The highest BCUT2D eigenvalue weighted by Crippen LogP contribution is 2.50. The molecule has 0 radical (unpaired) electrons. The Morgan fingerprint density at radius 3 is 1.65 bits per heavy atom. The summed E-state index contributed by atoms with van der Waals surface area (Å²) in [7, 11) is 0. The number of aromatic nitrogens is 4. The van der Waals surface area contributed by atoms with Gasteiger partial charge in [0.05, 0.1) is 16.7 Å². The lowest BCUT2D eigenvalue weighted by molar-refractivity contribution is 1.07. The Morgan fingerprint density at radius 2 is 0.855 bits per heavy atom. The van der Waals surface area contributed by atoms with Gasteiger partial charge in [-0.3, -0.25) is 0 Å². The number of nitrogens with zero attached hydrogens (tertiary/aromatic N) is 4. The average molecular weight is 699 g/mol. The zero-order chi connectivity index (χ0) is 36.0. The van der Waals surface area contributed by atoms with E-state index in [1.54, 1.807) is 0 Å². The zero-order valence-electron chi connectivity index (χ0n) is 29.6. The third-order valence-corrected chi connectivity index (χ3v) is 11.3. The van der Waals surface area contributed by atoms with Crippen molar-refractivity contribution in [3.8, 4) is 62.1 Å². The Bertz CT molecular complexity index is 3370. The van der Waals surface area contributed by atoms with E-state index in [-0.39, 0.29) is 0 Å². The van der Waals surface area contributed by atoms with E-state index in [0.717, 1.165) is 55.0 Å². The smallest absolute Gasteiger partial charge is 0.166 e. The van der Waals surface area contributed by atoms with E-state index < -0.39 is 0 Å². The molecule has 0 unspecified atom stereocenters. The molecule has 254 valence electrons. The highest BCUT2D eigenvalue weighted by atomic mass is 15.1. The molecular weight excluding hydrogens is 669 g/mol. The van der Waals surface area contributed by atoms with Crippen LogP contribution >= 0.6 is 0 Å². The van der Waals surface area contributed by atoms with E-state index in [9.17, 15) is 0 Å². The van der Waals surface area contributed by atoms with Gasteiger partial charge in [0.15, 0.2) is 17.5 Å². The molecule has 0 saturated heterocycles. The topological polar surface area (TPSA) is 43.6 Å².